The molecule has 56 valence electrons. The third-order valence-electron chi connectivity index (χ3n) is 0.787. The van der Waals surface area contributed by atoms with Crippen molar-refractivity contribution in [3.05, 3.63) is 0 Å². The second kappa shape index (κ2) is 5.78. The van der Waals surface area contributed by atoms with E-state index in [0.717, 1.165) is 0 Å². The molecule has 0 saturated carbocycles. The monoisotopic (exact) mass is 144 g/mol. The zero-order valence-electron chi connectivity index (χ0n) is 5.33. The molecule has 5 heteroatoms. The van der Waals surface area contributed by atoms with Gasteiger partial charge in [-0.25, -0.2) is 14.6 Å². The number of amides is 1. The predicted molar refractivity (Wildman–Crippen MR) is 33.6 cm³/mol. The molecule has 0 fully saturated rings. The Hall–Kier alpha value is -1.35. The molecule has 0 saturated heterocycles. The van der Waals surface area contributed by atoms with E-state index >= 15 is 0 Å². The molecule has 0 aliphatic carbocycles. The average Bonchev–Trinajstić information content (AvgIpc) is 1.87. The number of carbonyl (C=O) groups excluding carboxylic acids is 1. The highest BCUT2D eigenvalue weighted by Gasteiger charge is 1.90. The van der Waals surface area contributed by atoms with Crippen LogP contribution in [-0.4, -0.2) is 30.4 Å². The Balaban J connectivity index is 3.05. The minimum absolute atomic E-state index is 0.320. The second-order valence-corrected chi connectivity index (χ2v) is 1.56. The Morgan fingerprint density at radius 3 is 2.90 bits per heavy atom. The summed E-state index contributed by atoms with van der Waals surface area (Å²) in [4.78, 5) is 22.5. The molecule has 10 heavy (non-hydrogen) atoms. The van der Waals surface area contributed by atoms with Crippen LogP contribution in [0, 0.1) is 0 Å². The number of carboxylic acid groups (broad SMARTS) is 1. The van der Waals surface area contributed by atoms with Crippen molar-refractivity contribution < 1.29 is 14.7 Å². The first kappa shape index (κ1) is 8.65. The zero-order valence-corrected chi connectivity index (χ0v) is 5.33. The van der Waals surface area contributed by atoms with Gasteiger partial charge in [-0.05, 0) is 6.42 Å². The lowest BCUT2D eigenvalue weighted by Crippen LogP contribution is -2.22. The maximum Gasteiger partial charge on any atom is 0.404 e. The molecule has 0 aromatic rings. The summed E-state index contributed by atoms with van der Waals surface area (Å²) in [5.74, 6) is 0. The molecule has 0 aromatic carbocycles. The molecule has 5 nitrogen and oxygen atoms in total. The number of isocyanates is 1. The highest BCUT2D eigenvalue weighted by atomic mass is 16.4. The number of hydrogen-bond donors (Lipinski definition) is 2. The van der Waals surface area contributed by atoms with Crippen LogP contribution < -0.4 is 5.32 Å². The van der Waals surface area contributed by atoms with E-state index in [4.69, 9.17) is 5.11 Å². The molecule has 0 spiro atoms. The van der Waals surface area contributed by atoms with Crippen molar-refractivity contribution in [3.8, 4) is 0 Å². The molecule has 0 unspecified atom stereocenters. The number of carbonyl (C=O) groups is 1. The lowest BCUT2D eigenvalue weighted by atomic mass is 10.4. The van der Waals surface area contributed by atoms with Crippen molar-refractivity contribution in [1.29, 1.82) is 0 Å². The standard InChI is InChI=1S/C5H8N2O3/c8-4-6-2-1-3-7-5(9)10/h7H,1-3H2,(H,9,10). The van der Waals surface area contributed by atoms with Crippen LogP contribution in [-0.2, 0) is 4.79 Å². The molecule has 0 rings (SSSR count). The molecule has 0 radical (unpaired) electrons. The van der Waals surface area contributed by atoms with Crippen LogP contribution in [0.4, 0.5) is 4.79 Å². The second-order valence-electron chi connectivity index (χ2n) is 1.56. The summed E-state index contributed by atoms with van der Waals surface area (Å²) in [6, 6.07) is 0. The highest BCUT2D eigenvalue weighted by molar-refractivity contribution is 5.64. The van der Waals surface area contributed by atoms with Gasteiger partial charge in [0, 0.05) is 6.54 Å². The van der Waals surface area contributed by atoms with E-state index in [0.29, 0.717) is 19.5 Å². The Morgan fingerprint density at radius 2 is 2.40 bits per heavy atom. The smallest absolute Gasteiger partial charge is 0.404 e. The number of rotatable bonds is 4. The lowest BCUT2D eigenvalue weighted by Gasteiger charge is -1.94. The van der Waals surface area contributed by atoms with Crippen molar-refractivity contribution in [2.75, 3.05) is 13.1 Å². The summed E-state index contributed by atoms with van der Waals surface area (Å²) in [5, 5.41) is 10.2. The van der Waals surface area contributed by atoms with Gasteiger partial charge in [-0.1, -0.05) is 0 Å². The van der Waals surface area contributed by atoms with Crippen LogP contribution in [0.3, 0.4) is 0 Å². The van der Waals surface area contributed by atoms with Crippen molar-refractivity contribution in [2.24, 2.45) is 4.99 Å². The molecule has 1 amide bonds. The van der Waals surface area contributed by atoms with Crippen LogP contribution in [0.25, 0.3) is 0 Å². The minimum Gasteiger partial charge on any atom is -0.465 e. The van der Waals surface area contributed by atoms with E-state index in [9.17, 15) is 9.59 Å². The molecule has 0 aliphatic heterocycles. The Bertz CT molecular complexity index is 147. The van der Waals surface area contributed by atoms with Gasteiger partial charge >= 0.3 is 6.09 Å². The summed E-state index contributed by atoms with van der Waals surface area (Å²) in [6.45, 7) is 0.643. The van der Waals surface area contributed by atoms with Crippen LogP contribution >= 0.6 is 0 Å². The largest absolute Gasteiger partial charge is 0.465 e. The van der Waals surface area contributed by atoms with Gasteiger partial charge in [-0.15, -0.1) is 0 Å². The van der Waals surface area contributed by atoms with Gasteiger partial charge in [-0.2, -0.15) is 0 Å². The summed E-state index contributed by atoms with van der Waals surface area (Å²) < 4.78 is 0. The molecular weight excluding hydrogens is 136 g/mol. The van der Waals surface area contributed by atoms with Gasteiger partial charge in [0.1, 0.15) is 0 Å². The first-order valence-electron chi connectivity index (χ1n) is 2.78. The van der Waals surface area contributed by atoms with E-state index in [-0.39, 0.29) is 0 Å². The fourth-order valence-electron chi connectivity index (χ4n) is 0.399. The van der Waals surface area contributed by atoms with Gasteiger partial charge < -0.3 is 10.4 Å². The molecule has 0 bridgehead atoms. The number of nitrogens with zero attached hydrogens (tertiary/aromatic N) is 1. The fraction of sp³-hybridized carbons (Fsp3) is 0.600. The third kappa shape index (κ3) is 6.65. The van der Waals surface area contributed by atoms with E-state index < -0.39 is 6.09 Å². The van der Waals surface area contributed by atoms with Gasteiger partial charge in [-0.3, -0.25) is 0 Å². The zero-order chi connectivity index (χ0) is 7.82. The van der Waals surface area contributed by atoms with E-state index in [1.807, 2.05) is 0 Å². The number of aliphatic imine (C=N–C) groups is 1. The van der Waals surface area contributed by atoms with Crippen molar-refractivity contribution in [3.63, 3.8) is 0 Å². The van der Waals surface area contributed by atoms with E-state index in [1.165, 1.54) is 6.08 Å². The number of hydrogen-bond acceptors (Lipinski definition) is 3. The summed E-state index contributed by atoms with van der Waals surface area (Å²) >= 11 is 0. The first-order chi connectivity index (χ1) is 4.77. The number of nitrogens with one attached hydrogen (secondary N) is 1. The normalized spacial score (nSPS) is 8.00. The van der Waals surface area contributed by atoms with Crippen LogP contribution in [0.15, 0.2) is 4.99 Å². The first-order valence-corrected chi connectivity index (χ1v) is 2.78. The topological polar surface area (TPSA) is 78.8 Å². The summed E-state index contributed by atoms with van der Waals surface area (Å²) in [7, 11) is 0. The molecule has 0 heterocycles. The fourth-order valence-corrected chi connectivity index (χ4v) is 0.399. The maximum absolute atomic E-state index is 9.81. The summed E-state index contributed by atoms with van der Waals surface area (Å²) in [6.07, 6.45) is 0.825. The van der Waals surface area contributed by atoms with Crippen LogP contribution in [0.2, 0.25) is 0 Å². The van der Waals surface area contributed by atoms with Crippen LogP contribution in [0.1, 0.15) is 6.42 Å². The van der Waals surface area contributed by atoms with Gasteiger partial charge in [0.15, 0.2) is 0 Å². The molecular formula is C5H8N2O3. The summed E-state index contributed by atoms with van der Waals surface area (Å²) in [5.41, 5.74) is 0. The van der Waals surface area contributed by atoms with Gasteiger partial charge in [0.2, 0.25) is 6.08 Å². The van der Waals surface area contributed by atoms with E-state index in [1.54, 1.807) is 0 Å². The minimum atomic E-state index is -1.06. The van der Waals surface area contributed by atoms with Crippen molar-refractivity contribution in [1.82, 2.24) is 5.32 Å². The Morgan fingerprint density at radius 1 is 1.70 bits per heavy atom. The average molecular weight is 144 g/mol. The van der Waals surface area contributed by atoms with Crippen LogP contribution in [0.5, 0.6) is 0 Å². The third-order valence-corrected chi connectivity index (χ3v) is 0.787. The van der Waals surface area contributed by atoms with Gasteiger partial charge in [0.25, 0.3) is 0 Å². The highest BCUT2D eigenvalue weighted by Crippen LogP contribution is 1.76. The van der Waals surface area contributed by atoms with Crippen molar-refractivity contribution in [2.45, 2.75) is 6.42 Å². The molecule has 0 atom stereocenters. The van der Waals surface area contributed by atoms with E-state index in [2.05, 4.69) is 10.3 Å². The quantitative estimate of drug-likeness (QED) is 0.330. The molecule has 0 aliphatic rings. The molecule has 0 aromatic heterocycles. The Labute approximate surface area is 57.8 Å². The SMILES string of the molecule is O=C=NCCCNC(=O)O. The lowest BCUT2D eigenvalue weighted by molar-refractivity contribution is 0.194. The van der Waals surface area contributed by atoms with Crippen molar-refractivity contribution >= 4 is 12.2 Å². The predicted octanol–water partition coefficient (Wildman–Crippen LogP) is -0.0201. The molecule has 2 N–H and O–H groups in total. The maximum atomic E-state index is 9.81. The Kier molecular flexibility index (Phi) is 5.00. The van der Waals surface area contributed by atoms with Gasteiger partial charge in [0.05, 0.1) is 6.54 Å².